The fourth-order valence-corrected chi connectivity index (χ4v) is 6.06. The molecule has 49 heavy (non-hydrogen) atoms. The average molecular weight is 704 g/mol. The number of cyclic esters (lactones) is 1. The molecular formula is C37H57NO10Si. The summed E-state index contributed by atoms with van der Waals surface area (Å²) in [5.74, 6) is -1.93. The lowest BCUT2D eigenvalue weighted by molar-refractivity contribution is -0.152. The second-order valence-corrected chi connectivity index (χ2v) is 20.5. The predicted molar refractivity (Wildman–Crippen MR) is 191 cm³/mol. The van der Waals surface area contributed by atoms with Crippen LogP contribution in [-0.2, 0) is 32.9 Å². The maximum Gasteiger partial charge on any atom is 0.414 e. The van der Waals surface area contributed by atoms with Gasteiger partial charge in [-0.2, -0.15) is 0 Å². The molecule has 1 aromatic rings. The molecule has 0 bridgehead atoms. The highest BCUT2D eigenvalue weighted by atomic mass is 28.4. The van der Waals surface area contributed by atoms with Crippen LogP contribution in [0.15, 0.2) is 30.4 Å². The number of benzene rings is 1. The molecule has 4 atom stereocenters. The standard InChI is InChI=1S/C37H57NO10Si/c1-24-17-18-28(39)32-29(46-37(9,10)47-32)16-14-15-26-21-27(22-30(43-23-42-11)31(26)33(40)45-25(24)2)38(34(41)48-35(3,4)5)19-20-44-49(12,13)36(6,7)8/h14-15,17-18,21-22,24-25,29,32H,16,19-20,23H2,1-13H3/b15-14+,18-17-/t24-,25+,29+,32-/m1/s1. The number of esters is 1. The first-order valence-corrected chi connectivity index (χ1v) is 19.9. The molecule has 0 radical (unpaired) electrons. The maximum absolute atomic E-state index is 13.9. The van der Waals surface area contributed by atoms with Crippen LogP contribution in [0.25, 0.3) is 6.08 Å². The number of ether oxygens (including phenoxy) is 6. The van der Waals surface area contributed by atoms with Crippen LogP contribution >= 0.6 is 0 Å². The van der Waals surface area contributed by atoms with E-state index in [-0.39, 0.29) is 48.0 Å². The van der Waals surface area contributed by atoms with E-state index >= 15 is 0 Å². The highest BCUT2D eigenvalue weighted by molar-refractivity contribution is 6.74. The van der Waals surface area contributed by atoms with E-state index in [2.05, 4.69) is 33.9 Å². The van der Waals surface area contributed by atoms with Crippen molar-refractivity contribution in [3.8, 4) is 5.75 Å². The van der Waals surface area contributed by atoms with Gasteiger partial charge in [0.2, 0.25) is 0 Å². The molecule has 0 aromatic heterocycles. The third kappa shape index (κ3) is 11.0. The second-order valence-electron chi connectivity index (χ2n) is 15.7. The first-order valence-electron chi connectivity index (χ1n) is 16.9. The van der Waals surface area contributed by atoms with Crippen LogP contribution in [-0.4, -0.2) is 82.9 Å². The molecule has 3 rings (SSSR count). The Hall–Kier alpha value is -3.03. The molecule has 0 N–H and O–H groups in total. The Kier molecular flexibility index (Phi) is 13.1. The zero-order valence-corrected chi connectivity index (χ0v) is 32.6. The molecule has 12 heteroatoms. The van der Waals surface area contributed by atoms with Gasteiger partial charge in [0.05, 0.1) is 24.9 Å². The van der Waals surface area contributed by atoms with Crippen LogP contribution in [0.1, 0.15) is 91.6 Å². The Morgan fingerprint density at radius 2 is 1.71 bits per heavy atom. The molecule has 2 aliphatic heterocycles. The minimum absolute atomic E-state index is 0.0251. The summed E-state index contributed by atoms with van der Waals surface area (Å²) in [7, 11) is -0.658. The lowest BCUT2D eigenvalue weighted by Gasteiger charge is -2.37. The van der Waals surface area contributed by atoms with Crippen molar-refractivity contribution in [2.75, 3.05) is 32.0 Å². The number of nitrogens with zero attached hydrogens (tertiary/aromatic N) is 1. The molecule has 1 fully saturated rings. The zero-order valence-electron chi connectivity index (χ0n) is 31.6. The van der Waals surface area contributed by atoms with Crippen molar-refractivity contribution in [1.82, 2.24) is 0 Å². The van der Waals surface area contributed by atoms with Gasteiger partial charge in [0.1, 0.15) is 29.1 Å². The van der Waals surface area contributed by atoms with Crippen molar-refractivity contribution in [3.63, 3.8) is 0 Å². The van der Waals surface area contributed by atoms with Gasteiger partial charge in [-0.1, -0.05) is 45.9 Å². The summed E-state index contributed by atoms with van der Waals surface area (Å²) in [5.41, 5.74) is 0.251. The Bertz CT molecular complexity index is 1400. The summed E-state index contributed by atoms with van der Waals surface area (Å²) >= 11 is 0. The lowest BCUT2D eigenvalue weighted by Crippen LogP contribution is -2.44. The smallest absolute Gasteiger partial charge is 0.414 e. The molecule has 274 valence electrons. The van der Waals surface area contributed by atoms with E-state index in [0.717, 1.165) is 0 Å². The average Bonchev–Trinajstić information content (AvgIpc) is 3.28. The number of ketones is 1. The van der Waals surface area contributed by atoms with Gasteiger partial charge in [-0.3, -0.25) is 9.69 Å². The Labute approximate surface area is 293 Å². The van der Waals surface area contributed by atoms with Crippen LogP contribution < -0.4 is 9.64 Å². The summed E-state index contributed by atoms with van der Waals surface area (Å²) in [6, 6.07) is 3.34. The SMILES string of the molecule is COCOc1cc(N(CCO[Si](C)(C)C(C)(C)C)C(=O)OC(C)(C)C)cc2c1C(=O)O[C@@H](C)[C@H](C)/C=C\C(=O)[C@H]1OC(C)(C)O[C@H]1C/C=C/2. The van der Waals surface area contributed by atoms with Crippen LogP contribution in [0.4, 0.5) is 10.5 Å². The Morgan fingerprint density at radius 3 is 2.33 bits per heavy atom. The number of rotatable bonds is 8. The van der Waals surface area contributed by atoms with Crippen molar-refractivity contribution >= 4 is 37.9 Å². The van der Waals surface area contributed by atoms with E-state index in [4.69, 9.17) is 32.8 Å². The first-order chi connectivity index (χ1) is 22.5. The molecule has 0 aliphatic carbocycles. The van der Waals surface area contributed by atoms with E-state index < -0.39 is 50.1 Å². The van der Waals surface area contributed by atoms with Gasteiger partial charge in [-0.05, 0) is 83.8 Å². The number of anilines is 1. The van der Waals surface area contributed by atoms with Crippen molar-refractivity contribution in [1.29, 1.82) is 0 Å². The minimum atomic E-state index is -2.14. The summed E-state index contributed by atoms with van der Waals surface area (Å²) in [4.78, 5) is 42.3. The highest BCUT2D eigenvalue weighted by Crippen LogP contribution is 2.38. The number of carbonyl (C=O) groups excluding carboxylic acids is 3. The van der Waals surface area contributed by atoms with Gasteiger partial charge >= 0.3 is 12.1 Å². The van der Waals surface area contributed by atoms with Gasteiger partial charge in [-0.25, -0.2) is 9.59 Å². The zero-order chi connectivity index (χ0) is 36.9. The number of carbonyl (C=O) groups is 3. The second kappa shape index (κ2) is 15.9. The number of hydrogen-bond donors (Lipinski definition) is 0. The summed E-state index contributed by atoms with van der Waals surface area (Å²) in [5, 5.41) is -0.0251. The number of methoxy groups -OCH3 is 1. The van der Waals surface area contributed by atoms with E-state index in [9.17, 15) is 14.4 Å². The molecule has 1 aromatic carbocycles. The molecule has 1 amide bonds. The predicted octanol–water partition coefficient (Wildman–Crippen LogP) is 7.68. The van der Waals surface area contributed by atoms with Gasteiger partial charge in [0.25, 0.3) is 0 Å². The summed E-state index contributed by atoms with van der Waals surface area (Å²) in [6.45, 7) is 23.6. The summed E-state index contributed by atoms with van der Waals surface area (Å²) < 4.78 is 41.5. The van der Waals surface area contributed by atoms with Gasteiger partial charge in [-0.15, -0.1) is 0 Å². The van der Waals surface area contributed by atoms with Gasteiger partial charge in [0.15, 0.2) is 26.7 Å². The Morgan fingerprint density at radius 1 is 1.04 bits per heavy atom. The number of amides is 1. The minimum Gasteiger partial charge on any atom is -0.467 e. The van der Waals surface area contributed by atoms with E-state index in [1.165, 1.54) is 18.1 Å². The molecule has 1 saturated heterocycles. The maximum atomic E-state index is 13.9. The van der Waals surface area contributed by atoms with Gasteiger partial charge in [0, 0.05) is 19.1 Å². The van der Waals surface area contributed by atoms with Crippen LogP contribution in [0.5, 0.6) is 5.75 Å². The van der Waals surface area contributed by atoms with Crippen LogP contribution in [0.2, 0.25) is 18.1 Å². The molecule has 2 heterocycles. The molecule has 0 spiro atoms. The highest BCUT2D eigenvalue weighted by Gasteiger charge is 2.44. The largest absolute Gasteiger partial charge is 0.467 e. The fourth-order valence-electron chi connectivity index (χ4n) is 5.03. The van der Waals surface area contributed by atoms with Gasteiger partial charge < -0.3 is 32.8 Å². The molecule has 11 nitrogen and oxygen atoms in total. The molecule has 0 saturated carbocycles. The van der Waals surface area contributed by atoms with E-state index in [1.807, 2.05) is 13.0 Å². The van der Waals surface area contributed by atoms with Crippen LogP contribution in [0.3, 0.4) is 0 Å². The topological polar surface area (TPSA) is 119 Å². The summed E-state index contributed by atoms with van der Waals surface area (Å²) in [6.07, 6.45) is 4.51. The Balaban J connectivity index is 2.17. The molecular weight excluding hydrogens is 646 g/mol. The number of fused-ring (bicyclic) bond motifs is 2. The van der Waals surface area contributed by atoms with Crippen molar-refractivity contribution in [2.45, 2.75) is 123 Å². The lowest BCUT2D eigenvalue weighted by atomic mass is 9.99. The first kappa shape index (κ1) is 40.4. The molecule has 0 unspecified atom stereocenters. The van der Waals surface area contributed by atoms with Crippen molar-refractivity contribution in [2.24, 2.45) is 5.92 Å². The normalized spacial score (nSPS) is 24.6. The quantitative estimate of drug-likeness (QED) is 0.152. The van der Waals surface area contributed by atoms with Crippen LogP contribution in [0, 0.1) is 5.92 Å². The van der Waals surface area contributed by atoms with Crippen molar-refractivity contribution in [3.05, 3.63) is 41.5 Å². The van der Waals surface area contributed by atoms with Crippen molar-refractivity contribution < 1.29 is 47.2 Å². The monoisotopic (exact) mass is 703 g/mol. The third-order valence-electron chi connectivity index (χ3n) is 8.89. The number of hydrogen-bond acceptors (Lipinski definition) is 10. The molecule has 2 aliphatic rings. The van der Waals surface area contributed by atoms with E-state index in [0.29, 0.717) is 17.7 Å². The van der Waals surface area contributed by atoms with E-state index in [1.54, 1.807) is 65.8 Å². The third-order valence-corrected chi connectivity index (χ3v) is 13.4. The fraction of sp³-hybridized carbons (Fsp3) is 0.649.